The molecule has 0 aromatic heterocycles. The highest BCUT2D eigenvalue weighted by Crippen LogP contribution is 2.17. The van der Waals surface area contributed by atoms with Crippen molar-refractivity contribution >= 4 is 15.9 Å². The highest BCUT2D eigenvalue weighted by molar-refractivity contribution is 9.10. The second-order valence-corrected chi connectivity index (χ2v) is 5.71. The molecule has 106 valence electrons. The molecule has 2 nitrogen and oxygen atoms in total. The van der Waals surface area contributed by atoms with Gasteiger partial charge < -0.3 is 10.1 Å². The van der Waals surface area contributed by atoms with Crippen molar-refractivity contribution in [1.82, 2.24) is 5.32 Å². The van der Waals surface area contributed by atoms with Gasteiger partial charge in [-0.3, -0.25) is 0 Å². The molecule has 0 aliphatic carbocycles. The number of halogens is 1. The van der Waals surface area contributed by atoms with Gasteiger partial charge in [-0.1, -0.05) is 40.2 Å². The van der Waals surface area contributed by atoms with E-state index in [0.29, 0.717) is 0 Å². The van der Waals surface area contributed by atoms with Crippen LogP contribution in [0.1, 0.15) is 16.7 Å². The van der Waals surface area contributed by atoms with Crippen molar-refractivity contribution in [2.45, 2.75) is 19.9 Å². The molecule has 0 radical (unpaired) electrons. The van der Waals surface area contributed by atoms with Crippen molar-refractivity contribution in [2.24, 2.45) is 0 Å². The first kappa shape index (κ1) is 15.1. The van der Waals surface area contributed by atoms with Crippen LogP contribution in [0.25, 0.3) is 0 Å². The van der Waals surface area contributed by atoms with Gasteiger partial charge in [-0.15, -0.1) is 0 Å². The fourth-order valence-electron chi connectivity index (χ4n) is 2.07. The summed E-state index contributed by atoms with van der Waals surface area (Å²) in [6.45, 7) is 4.00. The summed E-state index contributed by atoms with van der Waals surface area (Å²) in [6, 6.07) is 14.7. The summed E-state index contributed by atoms with van der Waals surface area (Å²) in [5.74, 6) is 0.909. The zero-order valence-electron chi connectivity index (χ0n) is 11.9. The molecule has 0 aliphatic heterocycles. The lowest BCUT2D eigenvalue weighted by molar-refractivity contribution is 0.414. The Morgan fingerprint density at radius 2 is 1.75 bits per heavy atom. The van der Waals surface area contributed by atoms with E-state index in [1.807, 2.05) is 12.1 Å². The molecule has 0 atom stereocenters. The quantitative estimate of drug-likeness (QED) is 0.803. The average Bonchev–Trinajstić information content (AvgIpc) is 2.48. The number of hydrogen-bond donors (Lipinski definition) is 1. The van der Waals surface area contributed by atoms with E-state index in [1.165, 1.54) is 21.2 Å². The van der Waals surface area contributed by atoms with Crippen molar-refractivity contribution in [3.63, 3.8) is 0 Å². The zero-order chi connectivity index (χ0) is 14.4. The first-order valence-corrected chi connectivity index (χ1v) is 7.57. The van der Waals surface area contributed by atoms with Crippen molar-refractivity contribution in [1.29, 1.82) is 0 Å². The zero-order valence-corrected chi connectivity index (χ0v) is 13.5. The van der Waals surface area contributed by atoms with Crippen molar-refractivity contribution in [2.75, 3.05) is 13.7 Å². The number of rotatable bonds is 6. The fourth-order valence-corrected chi connectivity index (χ4v) is 2.32. The molecule has 0 aliphatic rings. The highest BCUT2D eigenvalue weighted by Gasteiger charge is 1.98. The fraction of sp³-hybridized carbons (Fsp3) is 0.294. The maximum Gasteiger partial charge on any atom is 0.118 e. The van der Waals surface area contributed by atoms with E-state index in [1.54, 1.807) is 7.11 Å². The summed E-state index contributed by atoms with van der Waals surface area (Å²) in [7, 11) is 1.69. The van der Waals surface area contributed by atoms with Gasteiger partial charge in [-0.25, -0.2) is 0 Å². The lowest BCUT2D eigenvalue weighted by atomic mass is 10.1. The predicted octanol–water partition coefficient (Wildman–Crippen LogP) is 4.10. The summed E-state index contributed by atoms with van der Waals surface area (Å²) in [5.41, 5.74) is 3.92. The number of ether oxygens (including phenoxy) is 1. The Kier molecular flexibility index (Phi) is 5.62. The molecular weight excluding hydrogens is 314 g/mol. The average molecular weight is 334 g/mol. The number of benzene rings is 2. The topological polar surface area (TPSA) is 21.3 Å². The second-order valence-electron chi connectivity index (χ2n) is 4.86. The molecule has 0 saturated carbocycles. The molecule has 0 spiro atoms. The molecule has 2 rings (SSSR count). The third-order valence-electron chi connectivity index (χ3n) is 3.30. The molecule has 2 aromatic rings. The third-order valence-corrected chi connectivity index (χ3v) is 4.19. The van der Waals surface area contributed by atoms with E-state index in [0.717, 1.165) is 25.3 Å². The summed E-state index contributed by atoms with van der Waals surface area (Å²) < 4.78 is 6.32. The van der Waals surface area contributed by atoms with Gasteiger partial charge >= 0.3 is 0 Å². The Bertz CT molecular complexity index is 551. The maximum atomic E-state index is 5.15. The van der Waals surface area contributed by atoms with E-state index < -0.39 is 0 Å². The maximum absolute atomic E-state index is 5.15. The van der Waals surface area contributed by atoms with E-state index >= 15 is 0 Å². The molecule has 3 heteroatoms. The monoisotopic (exact) mass is 333 g/mol. The number of aryl methyl sites for hydroxylation is 1. The minimum absolute atomic E-state index is 0.907. The van der Waals surface area contributed by atoms with Crippen LogP contribution in [0, 0.1) is 6.92 Å². The van der Waals surface area contributed by atoms with Crippen LogP contribution in [-0.4, -0.2) is 13.7 Å². The number of hydrogen-bond acceptors (Lipinski definition) is 2. The van der Waals surface area contributed by atoms with Crippen molar-refractivity contribution in [3.05, 3.63) is 63.6 Å². The third kappa shape index (κ3) is 4.36. The lowest BCUT2D eigenvalue weighted by Crippen LogP contribution is -2.16. The van der Waals surface area contributed by atoms with Gasteiger partial charge in [0.25, 0.3) is 0 Å². The van der Waals surface area contributed by atoms with Gasteiger partial charge in [-0.2, -0.15) is 0 Å². The van der Waals surface area contributed by atoms with Gasteiger partial charge in [0.15, 0.2) is 0 Å². The second kappa shape index (κ2) is 7.46. The first-order chi connectivity index (χ1) is 9.69. The van der Waals surface area contributed by atoms with Gasteiger partial charge in [0.2, 0.25) is 0 Å². The van der Waals surface area contributed by atoms with E-state index in [4.69, 9.17) is 4.74 Å². The molecule has 2 aromatic carbocycles. The van der Waals surface area contributed by atoms with E-state index in [9.17, 15) is 0 Å². The van der Waals surface area contributed by atoms with Crippen LogP contribution in [0.5, 0.6) is 5.75 Å². The minimum atomic E-state index is 0.907. The summed E-state index contributed by atoms with van der Waals surface area (Å²) in [4.78, 5) is 0. The van der Waals surface area contributed by atoms with Gasteiger partial charge in [0, 0.05) is 11.0 Å². The van der Waals surface area contributed by atoms with Crippen LogP contribution in [-0.2, 0) is 13.0 Å². The number of nitrogens with one attached hydrogen (secondary N) is 1. The standard InChI is InChI=1S/C17H20BrNO/c1-13-11-15(5-8-17(13)18)12-19-10-9-14-3-6-16(20-2)7-4-14/h3-8,11,19H,9-10,12H2,1-2H3. The largest absolute Gasteiger partial charge is 0.497 e. The van der Waals surface area contributed by atoms with Gasteiger partial charge in [0.05, 0.1) is 7.11 Å². The smallest absolute Gasteiger partial charge is 0.118 e. The minimum Gasteiger partial charge on any atom is -0.497 e. The molecule has 0 amide bonds. The van der Waals surface area contributed by atoms with Crippen LogP contribution in [0.3, 0.4) is 0 Å². The Morgan fingerprint density at radius 3 is 2.40 bits per heavy atom. The van der Waals surface area contributed by atoms with Crippen LogP contribution in [0.4, 0.5) is 0 Å². The van der Waals surface area contributed by atoms with Crippen molar-refractivity contribution in [3.8, 4) is 5.75 Å². The normalized spacial score (nSPS) is 10.6. The van der Waals surface area contributed by atoms with Gasteiger partial charge in [-0.05, 0) is 54.8 Å². The summed E-state index contributed by atoms with van der Waals surface area (Å²) in [6.07, 6.45) is 1.03. The molecule has 20 heavy (non-hydrogen) atoms. The Labute approximate surface area is 129 Å². The Morgan fingerprint density at radius 1 is 1.05 bits per heavy atom. The highest BCUT2D eigenvalue weighted by atomic mass is 79.9. The molecule has 1 N–H and O–H groups in total. The molecule has 0 unspecified atom stereocenters. The molecular formula is C17H20BrNO. The Hall–Kier alpha value is -1.32. The lowest BCUT2D eigenvalue weighted by Gasteiger charge is -2.07. The van der Waals surface area contributed by atoms with Gasteiger partial charge in [0.1, 0.15) is 5.75 Å². The van der Waals surface area contributed by atoms with Crippen molar-refractivity contribution < 1.29 is 4.74 Å². The molecule has 0 bridgehead atoms. The van der Waals surface area contributed by atoms with Crippen LogP contribution < -0.4 is 10.1 Å². The van der Waals surface area contributed by atoms with E-state index in [-0.39, 0.29) is 0 Å². The SMILES string of the molecule is COc1ccc(CCNCc2ccc(Br)c(C)c2)cc1. The Balaban J connectivity index is 1.76. The first-order valence-electron chi connectivity index (χ1n) is 6.77. The van der Waals surface area contributed by atoms with E-state index in [2.05, 4.69) is 58.5 Å². The molecule has 0 fully saturated rings. The van der Waals surface area contributed by atoms with Crippen LogP contribution >= 0.6 is 15.9 Å². The predicted molar refractivity (Wildman–Crippen MR) is 87.3 cm³/mol. The summed E-state index contributed by atoms with van der Waals surface area (Å²) in [5, 5.41) is 3.48. The number of methoxy groups -OCH3 is 1. The summed E-state index contributed by atoms with van der Waals surface area (Å²) >= 11 is 3.52. The van der Waals surface area contributed by atoms with Crippen LogP contribution in [0.2, 0.25) is 0 Å². The molecule has 0 saturated heterocycles. The van der Waals surface area contributed by atoms with Crippen LogP contribution in [0.15, 0.2) is 46.9 Å². The molecule has 0 heterocycles.